The molecule has 0 aromatic heterocycles. The van der Waals surface area contributed by atoms with Crippen molar-refractivity contribution >= 4 is 11.9 Å². The van der Waals surface area contributed by atoms with E-state index in [0.29, 0.717) is 25.5 Å². The van der Waals surface area contributed by atoms with Gasteiger partial charge in [-0.3, -0.25) is 9.59 Å². The highest BCUT2D eigenvalue weighted by atomic mass is 16.7. The maximum atomic E-state index is 12.3. The van der Waals surface area contributed by atoms with E-state index in [2.05, 4.69) is 37.9 Å². The monoisotopic (exact) mass is 477 g/mol. The van der Waals surface area contributed by atoms with Crippen molar-refractivity contribution in [2.45, 2.75) is 117 Å². The van der Waals surface area contributed by atoms with Gasteiger partial charge in [0.2, 0.25) is 5.91 Å². The number of carbonyl (C=O) groups excluding carboxylic acids is 2. The Morgan fingerprint density at radius 3 is 2.50 bits per heavy atom. The lowest BCUT2D eigenvalue weighted by atomic mass is 9.83. The predicted molar refractivity (Wildman–Crippen MR) is 134 cm³/mol. The number of unbranched alkanes of at least 4 members (excludes halogenated alkanes) is 4. The summed E-state index contributed by atoms with van der Waals surface area (Å²) in [7, 11) is 0. The summed E-state index contributed by atoms with van der Waals surface area (Å²) >= 11 is 0. The lowest BCUT2D eigenvalue weighted by molar-refractivity contribution is -0.270. The van der Waals surface area contributed by atoms with E-state index >= 15 is 0 Å². The summed E-state index contributed by atoms with van der Waals surface area (Å²) in [6.45, 7) is 8.50. The van der Waals surface area contributed by atoms with Gasteiger partial charge in [-0.05, 0) is 43.3 Å². The molecule has 0 aromatic rings. The molecule has 2 rings (SSSR count). The fraction of sp³-hybridized carbons (Fsp3) is 0.821. The first-order chi connectivity index (χ1) is 16.4. The second kappa shape index (κ2) is 16.1. The molecule has 5 unspecified atom stereocenters. The van der Waals surface area contributed by atoms with E-state index in [4.69, 9.17) is 14.2 Å². The van der Waals surface area contributed by atoms with Crippen molar-refractivity contribution in [1.29, 1.82) is 0 Å². The molecule has 0 aromatic carbocycles. The van der Waals surface area contributed by atoms with Crippen molar-refractivity contribution in [3.05, 3.63) is 17.9 Å². The first-order valence-corrected chi connectivity index (χ1v) is 13.5. The van der Waals surface area contributed by atoms with Crippen LogP contribution < -0.4 is 5.32 Å². The van der Waals surface area contributed by atoms with E-state index in [9.17, 15) is 9.59 Å². The SMILES string of the molecule is CCCCCCCC(=O)NCC1OC(OCC=C=CC2CCCCC2)C(OC(C)=O)C(C)C1C. The third-order valence-corrected chi connectivity index (χ3v) is 7.26. The Balaban J connectivity index is 1.87. The van der Waals surface area contributed by atoms with Gasteiger partial charge in [0, 0.05) is 25.8 Å². The molecule has 1 aliphatic carbocycles. The average Bonchev–Trinajstić information content (AvgIpc) is 2.82. The van der Waals surface area contributed by atoms with E-state index in [-0.39, 0.29) is 29.8 Å². The summed E-state index contributed by atoms with van der Waals surface area (Å²) in [6, 6.07) is 0. The molecule has 0 bridgehead atoms. The molecule has 1 saturated heterocycles. The minimum absolute atomic E-state index is 0.0420. The van der Waals surface area contributed by atoms with Gasteiger partial charge in [0.1, 0.15) is 0 Å². The Hall–Kier alpha value is -1.62. The van der Waals surface area contributed by atoms with Crippen molar-refractivity contribution in [2.75, 3.05) is 13.2 Å². The van der Waals surface area contributed by atoms with Crippen molar-refractivity contribution in [3.8, 4) is 0 Å². The summed E-state index contributed by atoms with van der Waals surface area (Å²) in [5.41, 5.74) is 3.26. The van der Waals surface area contributed by atoms with Crippen LogP contribution in [0.4, 0.5) is 0 Å². The van der Waals surface area contributed by atoms with Crippen LogP contribution in [0.5, 0.6) is 0 Å². The third kappa shape index (κ3) is 10.3. The van der Waals surface area contributed by atoms with Crippen LogP contribution in [-0.4, -0.2) is 43.5 Å². The number of carbonyl (C=O) groups is 2. The highest BCUT2D eigenvalue weighted by molar-refractivity contribution is 5.75. The van der Waals surface area contributed by atoms with Gasteiger partial charge in [-0.25, -0.2) is 0 Å². The molecular weight excluding hydrogens is 430 g/mol. The van der Waals surface area contributed by atoms with Gasteiger partial charge in [0.05, 0.1) is 12.7 Å². The van der Waals surface area contributed by atoms with Crippen LogP contribution in [0.15, 0.2) is 17.9 Å². The molecule has 6 nitrogen and oxygen atoms in total. The van der Waals surface area contributed by atoms with Gasteiger partial charge in [-0.1, -0.05) is 65.7 Å². The maximum absolute atomic E-state index is 12.3. The quantitative estimate of drug-likeness (QED) is 0.209. The zero-order valence-electron chi connectivity index (χ0n) is 21.9. The zero-order chi connectivity index (χ0) is 24.8. The Morgan fingerprint density at radius 1 is 1.06 bits per heavy atom. The largest absolute Gasteiger partial charge is 0.457 e. The fourth-order valence-corrected chi connectivity index (χ4v) is 4.87. The molecule has 1 aliphatic heterocycles. The fourth-order valence-electron chi connectivity index (χ4n) is 4.87. The number of nitrogens with one attached hydrogen (secondary N) is 1. The van der Waals surface area contributed by atoms with Crippen LogP contribution in [-0.2, 0) is 23.8 Å². The summed E-state index contributed by atoms with van der Waals surface area (Å²) < 4.78 is 17.8. The predicted octanol–water partition coefficient (Wildman–Crippen LogP) is 5.70. The standard InChI is InChI=1S/C28H47NO5/c1-5-6-7-8-12-18-26(31)29-20-25-21(2)22(3)27(33-23(4)30)28(34-25)32-19-14-13-17-24-15-10-9-11-16-24/h14,17,21-22,24-25,27-28H,5-12,15-16,18-20H2,1-4H3,(H,29,31). The molecule has 1 saturated carbocycles. The Morgan fingerprint density at radius 2 is 1.79 bits per heavy atom. The lowest BCUT2D eigenvalue weighted by Crippen LogP contribution is -2.54. The van der Waals surface area contributed by atoms with Crippen molar-refractivity contribution < 1.29 is 23.8 Å². The second-order valence-electron chi connectivity index (χ2n) is 10.1. The smallest absolute Gasteiger partial charge is 0.303 e. The van der Waals surface area contributed by atoms with E-state index in [1.54, 1.807) is 0 Å². The van der Waals surface area contributed by atoms with Gasteiger partial charge < -0.3 is 19.5 Å². The summed E-state index contributed by atoms with van der Waals surface area (Å²) in [5.74, 6) is 0.487. The van der Waals surface area contributed by atoms with Crippen LogP contribution in [0.2, 0.25) is 0 Å². The van der Waals surface area contributed by atoms with Gasteiger partial charge in [-0.2, -0.15) is 0 Å². The Bertz CT molecular complexity index is 666. The number of rotatable bonds is 13. The minimum Gasteiger partial charge on any atom is -0.457 e. The number of esters is 1. The lowest BCUT2D eigenvalue weighted by Gasteiger charge is -2.43. The normalized spacial score (nSPS) is 27.5. The number of ether oxygens (including phenoxy) is 3. The third-order valence-electron chi connectivity index (χ3n) is 7.26. The zero-order valence-corrected chi connectivity index (χ0v) is 21.9. The van der Waals surface area contributed by atoms with Crippen LogP contribution in [0.1, 0.15) is 98.3 Å². The topological polar surface area (TPSA) is 73.9 Å². The molecule has 2 aliphatic rings. The van der Waals surface area contributed by atoms with Crippen molar-refractivity contribution in [2.24, 2.45) is 17.8 Å². The molecule has 1 heterocycles. The molecule has 0 radical (unpaired) electrons. The number of hydrogen-bond acceptors (Lipinski definition) is 5. The van der Waals surface area contributed by atoms with E-state index in [1.165, 1.54) is 58.3 Å². The Labute approximate surface area is 206 Å². The molecule has 1 amide bonds. The maximum Gasteiger partial charge on any atom is 0.303 e. The van der Waals surface area contributed by atoms with Gasteiger partial charge in [0.15, 0.2) is 12.4 Å². The van der Waals surface area contributed by atoms with Crippen LogP contribution in [0, 0.1) is 17.8 Å². The second-order valence-corrected chi connectivity index (χ2v) is 10.1. The average molecular weight is 478 g/mol. The number of hydrogen-bond donors (Lipinski definition) is 1. The molecule has 0 spiro atoms. The number of amides is 1. The summed E-state index contributed by atoms with van der Waals surface area (Å²) in [4.78, 5) is 24.0. The van der Waals surface area contributed by atoms with Gasteiger partial charge >= 0.3 is 5.97 Å². The van der Waals surface area contributed by atoms with Crippen LogP contribution >= 0.6 is 0 Å². The van der Waals surface area contributed by atoms with E-state index in [1.807, 2.05) is 6.08 Å². The molecule has 6 heteroatoms. The Kier molecular flexibility index (Phi) is 13.6. The molecule has 34 heavy (non-hydrogen) atoms. The van der Waals surface area contributed by atoms with Crippen LogP contribution in [0.25, 0.3) is 0 Å². The van der Waals surface area contributed by atoms with Crippen LogP contribution in [0.3, 0.4) is 0 Å². The van der Waals surface area contributed by atoms with Gasteiger partial charge in [0.25, 0.3) is 0 Å². The van der Waals surface area contributed by atoms with E-state index in [0.717, 1.165) is 12.8 Å². The summed E-state index contributed by atoms with van der Waals surface area (Å²) in [5, 5.41) is 3.03. The first kappa shape index (κ1) is 28.6. The highest BCUT2D eigenvalue weighted by Gasteiger charge is 2.44. The van der Waals surface area contributed by atoms with Crippen molar-refractivity contribution in [1.82, 2.24) is 5.32 Å². The highest BCUT2D eigenvalue weighted by Crippen LogP contribution is 2.33. The molecule has 2 fully saturated rings. The molecule has 194 valence electrons. The van der Waals surface area contributed by atoms with Gasteiger partial charge in [-0.15, -0.1) is 5.73 Å². The van der Waals surface area contributed by atoms with Crippen molar-refractivity contribution in [3.63, 3.8) is 0 Å². The first-order valence-electron chi connectivity index (χ1n) is 13.5. The molecular formula is C28H47NO5. The molecule has 1 N–H and O–H groups in total. The summed E-state index contributed by atoms with van der Waals surface area (Å²) in [6.07, 6.45) is 15.3. The minimum atomic E-state index is -0.668. The molecule has 5 atom stereocenters. The van der Waals surface area contributed by atoms with E-state index < -0.39 is 12.4 Å².